The Kier molecular flexibility index (Phi) is 4.16. The molecule has 0 bridgehead atoms. The van der Waals surface area contributed by atoms with E-state index in [9.17, 15) is 4.79 Å². The Balaban J connectivity index is 1.54. The van der Waals surface area contributed by atoms with Crippen molar-refractivity contribution in [3.8, 4) is 11.5 Å². The molecular formula is C20H21N3O3. The van der Waals surface area contributed by atoms with Gasteiger partial charge in [0.25, 0.3) is 0 Å². The number of hydrogen-bond acceptors (Lipinski definition) is 3. The van der Waals surface area contributed by atoms with Gasteiger partial charge in [0.1, 0.15) is 11.5 Å². The predicted octanol–water partition coefficient (Wildman–Crippen LogP) is 3.78. The standard InChI is InChI=1S/C20H21N3O3/c1-25-14-5-3-13(4-6-14)21-20(24)23-10-9-19-17(12-23)16-11-15(26-2)7-8-18(16)22-19/h3-8,11,22H,9-10,12H2,1-2H3,(H,21,24). The highest BCUT2D eigenvalue weighted by atomic mass is 16.5. The van der Waals surface area contributed by atoms with Crippen LogP contribution in [0, 0.1) is 0 Å². The summed E-state index contributed by atoms with van der Waals surface area (Å²) in [6.07, 6.45) is 0.808. The van der Waals surface area contributed by atoms with E-state index in [1.54, 1.807) is 14.2 Å². The van der Waals surface area contributed by atoms with Gasteiger partial charge in [-0.3, -0.25) is 0 Å². The zero-order chi connectivity index (χ0) is 18.1. The molecule has 0 saturated carbocycles. The number of aromatic nitrogens is 1. The Labute approximate surface area is 151 Å². The average Bonchev–Trinajstić information content (AvgIpc) is 3.05. The molecule has 6 nitrogen and oxygen atoms in total. The smallest absolute Gasteiger partial charge is 0.322 e. The molecule has 0 radical (unpaired) electrons. The van der Waals surface area contributed by atoms with Gasteiger partial charge in [0.2, 0.25) is 0 Å². The first-order valence-corrected chi connectivity index (χ1v) is 8.55. The van der Waals surface area contributed by atoms with Gasteiger partial charge in [-0.1, -0.05) is 0 Å². The lowest BCUT2D eigenvalue weighted by atomic mass is 10.0. The van der Waals surface area contributed by atoms with Crippen molar-refractivity contribution in [2.75, 3.05) is 26.1 Å². The fraction of sp³-hybridized carbons (Fsp3) is 0.250. The highest BCUT2D eigenvalue weighted by Gasteiger charge is 2.24. The number of fused-ring (bicyclic) bond motifs is 3. The summed E-state index contributed by atoms with van der Waals surface area (Å²) in [7, 11) is 3.28. The second-order valence-electron chi connectivity index (χ2n) is 6.32. The third kappa shape index (κ3) is 2.94. The lowest BCUT2D eigenvalue weighted by Crippen LogP contribution is -2.38. The summed E-state index contributed by atoms with van der Waals surface area (Å²) >= 11 is 0. The van der Waals surface area contributed by atoms with Crippen molar-refractivity contribution >= 4 is 22.6 Å². The first-order valence-electron chi connectivity index (χ1n) is 8.55. The van der Waals surface area contributed by atoms with Crippen LogP contribution in [-0.4, -0.2) is 36.7 Å². The highest BCUT2D eigenvalue weighted by molar-refractivity contribution is 5.91. The van der Waals surface area contributed by atoms with Crippen LogP contribution in [0.25, 0.3) is 10.9 Å². The van der Waals surface area contributed by atoms with Crippen molar-refractivity contribution in [3.05, 3.63) is 53.7 Å². The van der Waals surface area contributed by atoms with Gasteiger partial charge < -0.3 is 24.7 Å². The predicted molar refractivity (Wildman–Crippen MR) is 101 cm³/mol. The molecule has 0 saturated heterocycles. The maximum Gasteiger partial charge on any atom is 0.322 e. The summed E-state index contributed by atoms with van der Waals surface area (Å²) < 4.78 is 10.5. The normalized spacial score (nSPS) is 13.4. The molecule has 6 heteroatoms. The summed E-state index contributed by atoms with van der Waals surface area (Å²) in [6, 6.07) is 13.2. The molecule has 4 rings (SSSR count). The summed E-state index contributed by atoms with van der Waals surface area (Å²) in [5.74, 6) is 1.58. The molecule has 2 N–H and O–H groups in total. The molecular weight excluding hydrogens is 330 g/mol. The molecule has 0 aliphatic carbocycles. The van der Waals surface area contributed by atoms with Crippen molar-refractivity contribution in [1.29, 1.82) is 0 Å². The van der Waals surface area contributed by atoms with Crippen LogP contribution in [0.4, 0.5) is 10.5 Å². The molecule has 1 aliphatic heterocycles. The number of ether oxygens (including phenoxy) is 2. The zero-order valence-corrected chi connectivity index (χ0v) is 14.8. The minimum absolute atomic E-state index is 0.0990. The number of benzene rings is 2. The second kappa shape index (κ2) is 6.63. The summed E-state index contributed by atoms with van der Waals surface area (Å²) in [5, 5.41) is 4.07. The SMILES string of the molecule is COc1ccc(NC(=O)N2CCc3[nH]c4ccc(OC)cc4c3C2)cc1. The van der Waals surface area contributed by atoms with E-state index in [0.29, 0.717) is 13.1 Å². The second-order valence-corrected chi connectivity index (χ2v) is 6.32. The van der Waals surface area contributed by atoms with E-state index in [1.807, 2.05) is 47.4 Å². The number of nitrogens with one attached hydrogen (secondary N) is 2. The number of carbonyl (C=O) groups excluding carboxylic acids is 1. The molecule has 2 amide bonds. The van der Waals surface area contributed by atoms with Crippen LogP contribution in [0.3, 0.4) is 0 Å². The van der Waals surface area contributed by atoms with E-state index in [2.05, 4.69) is 10.3 Å². The molecule has 134 valence electrons. The van der Waals surface area contributed by atoms with Crippen molar-refractivity contribution in [2.45, 2.75) is 13.0 Å². The quantitative estimate of drug-likeness (QED) is 0.755. The van der Waals surface area contributed by atoms with Crippen LogP contribution < -0.4 is 14.8 Å². The average molecular weight is 351 g/mol. The van der Waals surface area contributed by atoms with Gasteiger partial charge in [-0.2, -0.15) is 0 Å². The highest BCUT2D eigenvalue weighted by Crippen LogP contribution is 2.30. The van der Waals surface area contributed by atoms with Gasteiger partial charge in [0.15, 0.2) is 0 Å². The third-order valence-electron chi connectivity index (χ3n) is 4.81. The number of hydrogen-bond donors (Lipinski definition) is 2. The molecule has 0 spiro atoms. The Bertz CT molecular complexity index is 947. The first-order chi connectivity index (χ1) is 12.7. The third-order valence-corrected chi connectivity index (χ3v) is 4.81. The minimum atomic E-state index is -0.0990. The van der Waals surface area contributed by atoms with Crippen LogP contribution in [-0.2, 0) is 13.0 Å². The van der Waals surface area contributed by atoms with Gasteiger partial charge in [-0.25, -0.2) is 4.79 Å². The number of methoxy groups -OCH3 is 2. The minimum Gasteiger partial charge on any atom is -0.497 e. The van der Waals surface area contributed by atoms with Gasteiger partial charge in [-0.15, -0.1) is 0 Å². The molecule has 26 heavy (non-hydrogen) atoms. The number of amides is 2. The number of H-pyrrole nitrogens is 1. The molecule has 2 aromatic carbocycles. The van der Waals surface area contributed by atoms with Crippen LogP contribution >= 0.6 is 0 Å². The molecule has 3 aromatic rings. The summed E-state index contributed by atoms with van der Waals surface area (Å²) in [4.78, 5) is 18.0. The van der Waals surface area contributed by atoms with Gasteiger partial charge in [0, 0.05) is 47.4 Å². The van der Waals surface area contributed by atoms with Crippen LogP contribution in [0.2, 0.25) is 0 Å². The molecule has 2 heterocycles. The van der Waals surface area contributed by atoms with E-state index in [4.69, 9.17) is 9.47 Å². The number of urea groups is 1. The molecule has 0 unspecified atom stereocenters. The largest absolute Gasteiger partial charge is 0.497 e. The van der Waals surface area contributed by atoms with Crippen LogP contribution in [0.5, 0.6) is 11.5 Å². The van der Waals surface area contributed by atoms with E-state index >= 15 is 0 Å². The number of anilines is 1. The van der Waals surface area contributed by atoms with E-state index in [-0.39, 0.29) is 6.03 Å². The molecule has 0 atom stereocenters. The van der Waals surface area contributed by atoms with E-state index < -0.39 is 0 Å². The Morgan fingerprint density at radius 3 is 2.54 bits per heavy atom. The number of carbonyl (C=O) groups is 1. The summed E-state index contributed by atoms with van der Waals surface area (Å²) in [5.41, 5.74) is 4.19. The lowest BCUT2D eigenvalue weighted by molar-refractivity contribution is 0.206. The number of rotatable bonds is 3. The maximum atomic E-state index is 12.7. The monoisotopic (exact) mass is 351 g/mol. The van der Waals surface area contributed by atoms with E-state index in [1.165, 1.54) is 5.69 Å². The lowest BCUT2D eigenvalue weighted by Gasteiger charge is -2.27. The number of aromatic amines is 1. The summed E-state index contributed by atoms with van der Waals surface area (Å²) in [6.45, 7) is 1.25. The van der Waals surface area contributed by atoms with Crippen molar-refractivity contribution in [2.24, 2.45) is 0 Å². The van der Waals surface area contributed by atoms with Crippen LogP contribution in [0.15, 0.2) is 42.5 Å². The molecule has 0 fully saturated rings. The van der Waals surface area contributed by atoms with Crippen molar-refractivity contribution in [3.63, 3.8) is 0 Å². The first kappa shape index (κ1) is 16.3. The van der Waals surface area contributed by atoms with E-state index in [0.717, 1.165) is 40.1 Å². The Morgan fingerprint density at radius 1 is 1.08 bits per heavy atom. The maximum absolute atomic E-state index is 12.7. The van der Waals surface area contributed by atoms with Crippen molar-refractivity contribution < 1.29 is 14.3 Å². The number of nitrogens with zero attached hydrogens (tertiary/aromatic N) is 1. The van der Waals surface area contributed by atoms with Gasteiger partial charge >= 0.3 is 6.03 Å². The Hall–Kier alpha value is -3.15. The fourth-order valence-corrected chi connectivity index (χ4v) is 3.37. The molecule has 1 aliphatic rings. The van der Waals surface area contributed by atoms with Gasteiger partial charge in [0.05, 0.1) is 14.2 Å². The van der Waals surface area contributed by atoms with Crippen LogP contribution in [0.1, 0.15) is 11.3 Å². The zero-order valence-electron chi connectivity index (χ0n) is 14.8. The van der Waals surface area contributed by atoms with Gasteiger partial charge in [-0.05, 0) is 42.5 Å². The molecule has 1 aromatic heterocycles. The Morgan fingerprint density at radius 2 is 1.81 bits per heavy atom. The fourth-order valence-electron chi connectivity index (χ4n) is 3.37. The van der Waals surface area contributed by atoms with Crippen molar-refractivity contribution in [1.82, 2.24) is 9.88 Å². The topological polar surface area (TPSA) is 66.6 Å².